The lowest BCUT2D eigenvalue weighted by Gasteiger charge is -2.38. The van der Waals surface area contributed by atoms with Crippen molar-refractivity contribution in [3.05, 3.63) is 59.3 Å². The zero-order chi connectivity index (χ0) is 24.7. The van der Waals surface area contributed by atoms with Gasteiger partial charge in [0.15, 0.2) is 23.1 Å². The van der Waals surface area contributed by atoms with Gasteiger partial charge in [-0.15, -0.1) is 5.10 Å². The Hall–Kier alpha value is -3.81. The number of aromatic nitrogens is 3. The lowest BCUT2D eigenvalue weighted by atomic mass is 9.73. The van der Waals surface area contributed by atoms with Gasteiger partial charge in [0.25, 0.3) is 0 Å². The van der Waals surface area contributed by atoms with Crippen LogP contribution in [0.2, 0.25) is 0 Å². The van der Waals surface area contributed by atoms with Gasteiger partial charge in [-0.05, 0) is 48.6 Å². The third-order valence-corrected chi connectivity index (χ3v) is 6.46. The first-order chi connectivity index (χ1) is 16.8. The predicted octanol–water partition coefficient (Wildman–Crippen LogP) is 5.02. The summed E-state index contributed by atoms with van der Waals surface area (Å²) in [7, 11) is 3.25. The summed E-state index contributed by atoms with van der Waals surface area (Å²) in [5.41, 5.74) is 3.21. The minimum absolute atomic E-state index is 0.116. The van der Waals surface area contributed by atoms with E-state index in [9.17, 15) is 4.79 Å². The van der Waals surface area contributed by atoms with Gasteiger partial charge in [-0.1, -0.05) is 32.0 Å². The molecule has 182 valence electrons. The third kappa shape index (κ3) is 4.13. The number of carbonyl (C=O) groups excluding carboxylic acids is 1. The highest BCUT2D eigenvalue weighted by Crippen LogP contribution is 2.46. The summed E-state index contributed by atoms with van der Waals surface area (Å²) in [6.07, 6.45) is 1.23. The Labute approximate surface area is 204 Å². The van der Waals surface area contributed by atoms with Gasteiger partial charge in [-0.25, -0.2) is 4.68 Å². The number of ketones is 1. The lowest BCUT2D eigenvalue weighted by Crippen LogP contribution is -2.36. The van der Waals surface area contributed by atoms with E-state index < -0.39 is 6.04 Å². The first-order valence-corrected chi connectivity index (χ1v) is 11.8. The molecular weight excluding hydrogens is 444 g/mol. The van der Waals surface area contributed by atoms with Crippen LogP contribution in [0.3, 0.4) is 0 Å². The number of fused-ring (bicyclic) bond motifs is 1. The smallest absolute Gasteiger partial charge is 0.226 e. The van der Waals surface area contributed by atoms with Crippen LogP contribution in [0, 0.1) is 5.41 Å². The molecule has 1 unspecified atom stereocenters. The predicted molar refractivity (Wildman–Crippen MR) is 133 cm³/mol. The van der Waals surface area contributed by atoms with E-state index in [0.29, 0.717) is 36.3 Å². The summed E-state index contributed by atoms with van der Waals surface area (Å²) in [6, 6.07) is 13.0. The van der Waals surface area contributed by atoms with Crippen molar-refractivity contribution < 1.29 is 19.0 Å². The summed E-state index contributed by atoms with van der Waals surface area (Å²) in [6.45, 7) is 6.70. The number of allylic oxidation sites excluding steroid dienone is 2. The Kier molecular flexibility index (Phi) is 5.75. The second-order valence-corrected chi connectivity index (χ2v) is 9.64. The molecule has 0 bridgehead atoms. The van der Waals surface area contributed by atoms with Crippen LogP contribution < -0.4 is 19.5 Å². The number of nitrogens with zero attached hydrogens (tertiary/aromatic N) is 3. The van der Waals surface area contributed by atoms with Gasteiger partial charge < -0.3 is 19.5 Å². The highest BCUT2D eigenvalue weighted by Gasteiger charge is 2.42. The van der Waals surface area contributed by atoms with E-state index in [1.807, 2.05) is 49.4 Å². The number of Topliss-reactive ketones (excluding diaryl/α,β-unsaturated/α-hetero) is 1. The Morgan fingerprint density at radius 1 is 1.09 bits per heavy atom. The topological polar surface area (TPSA) is 87.5 Å². The molecule has 8 nitrogen and oxygen atoms in total. The van der Waals surface area contributed by atoms with E-state index in [-0.39, 0.29) is 11.2 Å². The van der Waals surface area contributed by atoms with Crippen LogP contribution in [-0.4, -0.2) is 41.4 Å². The lowest BCUT2D eigenvalue weighted by molar-refractivity contribution is -0.118. The minimum Gasteiger partial charge on any atom is -0.497 e. The van der Waals surface area contributed by atoms with Crippen molar-refractivity contribution in [3.8, 4) is 28.6 Å². The molecule has 2 aliphatic rings. The van der Waals surface area contributed by atoms with Crippen LogP contribution in [0.1, 0.15) is 45.2 Å². The molecule has 0 saturated carbocycles. The standard InChI is InChI=1S/C27H30N4O4/c1-6-35-21-11-10-16(13-22(21)34-5)24-23-19(14-27(2,3)15-20(23)32)28-26-29-25(30-31(24)26)17-8-7-9-18(12-17)33-4/h7-13,24H,6,14-15H2,1-5H3,(H,28,29,30). The van der Waals surface area contributed by atoms with Crippen LogP contribution in [0.5, 0.6) is 17.2 Å². The number of anilines is 1. The quantitative estimate of drug-likeness (QED) is 0.537. The normalized spacial score (nSPS) is 18.4. The molecule has 1 aromatic heterocycles. The van der Waals surface area contributed by atoms with Crippen molar-refractivity contribution in [1.82, 2.24) is 14.8 Å². The van der Waals surface area contributed by atoms with E-state index >= 15 is 0 Å². The Balaban J connectivity index is 1.67. The van der Waals surface area contributed by atoms with Crippen molar-refractivity contribution in [1.29, 1.82) is 0 Å². The van der Waals surface area contributed by atoms with Crippen molar-refractivity contribution in [3.63, 3.8) is 0 Å². The summed E-state index contributed by atoms with van der Waals surface area (Å²) >= 11 is 0. The largest absolute Gasteiger partial charge is 0.497 e. The maximum atomic E-state index is 13.5. The number of carbonyl (C=O) groups is 1. The van der Waals surface area contributed by atoms with Gasteiger partial charge in [0.1, 0.15) is 11.8 Å². The molecule has 0 radical (unpaired) electrons. The van der Waals surface area contributed by atoms with E-state index in [1.165, 1.54) is 0 Å². The zero-order valence-corrected chi connectivity index (χ0v) is 20.7. The molecule has 1 N–H and O–H groups in total. The number of hydrogen-bond acceptors (Lipinski definition) is 7. The monoisotopic (exact) mass is 474 g/mol. The highest BCUT2D eigenvalue weighted by molar-refractivity contribution is 6.00. The molecule has 35 heavy (non-hydrogen) atoms. The SMILES string of the molecule is CCOc1ccc(C2C3=C(CC(C)(C)CC3=O)Nc3nc(-c4cccc(OC)c4)nn32)cc1OC. The number of hydrogen-bond donors (Lipinski definition) is 1. The Bertz CT molecular complexity index is 1320. The molecule has 0 spiro atoms. The summed E-state index contributed by atoms with van der Waals surface area (Å²) < 4.78 is 18.5. The van der Waals surface area contributed by atoms with Crippen LogP contribution in [0.4, 0.5) is 5.95 Å². The average Bonchev–Trinajstić information content (AvgIpc) is 3.26. The first-order valence-electron chi connectivity index (χ1n) is 11.8. The van der Waals surface area contributed by atoms with Gasteiger partial charge in [-0.3, -0.25) is 4.79 Å². The highest BCUT2D eigenvalue weighted by atomic mass is 16.5. The van der Waals surface area contributed by atoms with Crippen molar-refractivity contribution >= 4 is 11.7 Å². The van der Waals surface area contributed by atoms with E-state index in [2.05, 4.69) is 19.2 Å². The minimum atomic E-state index is -0.429. The molecule has 1 atom stereocenters. The van der Waals surface area contributed by atoms with Crippen LogP contribution in [0.25, 0.3) is 11.4 Å². The van der Waals surface area contributed by atoms with Crippen LogP contribution in [-0.2, 0) is 4.79 Å². The van der Waals surface area contributed by atoms with E-state index in [0.717, 1.165) is 34.6 Å². The van der Waals surface area contributed by atoms with Gasteiger partial charge in [0.05, 0.1) is 20.8 Å². The van der Waals surface area contributed by atoms with Gasteiger partial charge in [-0.2, -0.15) is 4.98 Å². The van der Waals surface area contributed by atoms with Crippen molar-refractivity contribution in [2.24, 2.45) is 5.41 Å². The van der Waals surface area contributed by atoms with Gasteiger partial charge in [0, 0.05) is 23.3 Å². The summed E-state index contributed by atoms with van der Waals surface area (Å²) in [4.78, 5) is 18.3. The third-order valence-electron chi connectivity index (χ3n) is 6.46. The fourth-order valence-corrected chi connectivity index (χ4v) is 4.93. The molecule has 2 heterocycles. The number of methoxy groups -OCH3 is 2. The van der Waals surface area contributed by atoms with E-state index in [4.69, 9.17) is 24.3 Å². The molecule has 1 aliphatic carbocycles. The number of ether oxygens (including phenoxy) is 3. The molecule has 8 heteroatoms. The summed E-state index contributed by atoms with van der Waals surface area (Å²) in [5, 5.41) is 8.28. The number of benzene rings is 2. The second kappa shape index (κ2) is 8.76. The van der Waals surface area contributed by atoms with Crippen LogP contribution >= 0.6 is 0 Å². The maximum Gasteiger partial charge on any atom is 0.226 e. The maximum absolute atomic E-state index is 13.5. The van der Waals surface area contributed by atoms with E-state index in [1.54, 1.807) is 18.9 Å². The molecular formula is C27H30N4O4. The molecule has 3 aromatic rings. The molecule has 0 saturated heterocycles. The fourth-order valence-electron chi connectivity index (χ4n) is 4.93. The van der Waals surface area contributed by atoms with Crippen LogP contribution in [0.15, 0.2) is 53.7 Å². The molecule has 5 rings (SSSR count). The molecule has 1 aliphatic heterocycles. The molecule has 2 aromatic carbocycles. The average molecular weight is 475 g/mol. The zero-order valence-electron chi connectivity index (χ0n) is 20.7. The first kappa shape index (κ1) is 23.0. The van der Waals surface area contributed by atoms with Crippen molar-refractivity contribution in [2.45, 2.75) is 39.7 Å². The Morgan fingerprint density at radius 2 is 1.91 bits per heavy atom. The second-order valence-electron chi connectivity index (χ2n) is 9.64. The number of rotatable bonds is 6. The molecule has 0 fully saturated rings. The molecule has 0 amide bonds. The number of nitrogens with one attached hydrogen (secondary N) is 1. The van der Waals surface area contributed by atoms with Crippen molar-refractivity contribution in [2.75, 3.05) is 26.1 Å². The van der Waals surface area contributed by atoms with Gasteiger partial charge >= 0.3 is 0 Å². The van der Waals surface area contributed by atoms with Gasteiger partial charge in [0.2, 0.25) is 5.95 Å². The Morgan fingerprint density at radius 3 is 2.66 bits per heavy atom. The summed E-state index contributed by atoms with van der Waals surface area (Å²) in [5.74, 6) is 3.28. The fraction of sp³-hybridized carbons (Fsp3) is 0.370.